The van der Waals surface area contributed by atoms with Crippen LogP contribution in [0, 0.1) is 178 Å². The summed E-state index contributed by atoms with van der Waals surface area (Å²) in [6.45, 7) is 1.29. The number of carbonyl (C=O) groups is 1. The molecule has 0 spiro atoms. The van der Waals surface area contributed by atoms with Gasteiger partial charge in [0.05, 0.1) is 5.56 Å². The van der Waals surface area contributed by atoms with Crippen molar-refractivity contribution in [3.8, 4) is 0 Å². The number of aromatic carboxylic acids is 1. The molecule has 31 unspecified atom stereocenters. The molecule has 270 valence electrons. The lowest BCUT2D eigenvalue weighted by atomic mass is 9.42. The van der Waals surface area contributed by atoms with Crippen LogP contribution >= 0.6 is 0 Å². The average Bonchev–Trinajstić information content (AvgIpc) is 4.02. The molecule has 17 aliphatic rings. The highest BCUT2D eigenvalue weighted by Gasteiger charge is 2.87. The van der Waals surface area contributed by atoms with Gasteiger partial charge in [-0.05, 0) is 228 Å². The minimum atomic E-state index is -0.787. The fourth-order valence-corrected chi connectivity index (χ4v) is 25.6. The van der Waals surface area contributed by atoms with Gasteiger partial charge in [0, 0.05) is 12.6 Å². The SMILES string of the molecule is CN1CC2C3C4CCC5C6CCC7C8C=CC9C%10C=CC%11C%12C%10C%10=C%13C%14C(C8C%109)C7C6C6C5C4C4C(C%13C%12C(C%11C2C1c1ccc(C(=O)O)cc1)C34)C%146. The Bertz CT molecular complexity index is 2130. The number of allylic oxidation sites excluding steroid dienone is 6. The van der Waals surface area contributed by atoms with Crippen molar-refractivity contribution in [2.75, 3.05) is 13.6 Å². The van der Waals surface area contributed by atoms with Gasteiger partial charge in [-0.2, -0.15) is 0 Å². The van der Waals surface area contributed by atoms with Crippen LogP contribution in [-0.4, -0.2) is 29.6 Å². The van der Waals surface area contributed by atoms with Crippen LogP contribution in [0.2, 0.25) is 0 Å². The minimum Gasteiger partial charge on any atom is -0.478 e. The Balaban J connectivity index is 0.937. The van der Waals surface area contributed by atoms with Gasteiger partial charge in [0.1, 0.15) is 0 Å². The molecular weight excluding hydrogens is 647 g/mol. The van der Waals surface area contributed by atoms with E-state index in [1.54, 1.807) is 25.7 Å². The number of fused-ring (bicyclic) bond motifs is 8. The van der Waals surface area contributed by atoms with E-state index in [9.17, 15) is 9.90 Å². The van der Waals surface area contributed by atoms with E-state index in [4.69, 9.17) is 0 Å². The summed E-state index contributed by atoms with van der Waals surface area (Å²) in [4.78, 5) is 14.8. The standard InChI is InChI=1S/C50H53NO2/c1-51-14-25-26-23-12-10-21-19-8-6-17-18-7-9-20-22-11-13-24-34-32(22)40-30(20)28(18)38-27(17)29(19)39-31(21)33(23)41-37(26)43(42(34)48-46(40)44(38)45(39)47(41)48)35(24)36(25)49(51)15-2-4-16(5-3-15)50(52)53/h2-5,7,9,11,13,17-39,41-45,47-49H,6,8,10,12,14H2,1H3,(H,52,53). The summed E-state index contributed by atoms with van der Waals surface area (Å²) in [5.41, 5.74) is 6.37. The molecule has 16 aliphatic carbocycles. The first-order valence-corrected chi connectivity index (χ1v) is 23.3. The highest BCUT2D eigenvalue weighted by atomic mass is 16.4. The lowest BCUT2D eigenvalue weighted by Gasteiger charge is -2.61. The predicted molar refractivity (Wildman–Crippen MR) is 197 cm³/mol. The molecule has 1 saturated heterocycles. The van der Waals surface area contributed by atoms with Crippen molar-refractivity contribution in [2.24, 2.45) is 178 Å². The fourth-order valence-electron chi connectivity index (χ4n) is 25.6. The Morgan fingerprint density at radius 3 is 1.74 bits per heavy atom. The second-order valence-corrected chi connectivity index (χ2v) is 23.7. The Kier molecular flexibility index (Phi) is 4.16. The number of carboxylic acid groups (broad SMARTS) is 1. The van der Waals surface area contributed by atoms with Crippen LogP contribution in [0.3, 0.4) is 0 Å². The molecule has 0 amide bonds. The van der Waals surface area contributed by atoms with Crippen LogP contribution in [0.5, 0.6) is 0 Å². The van der Waals surface area contributed by atoms with Gasteiger partial charge in [-0.15, -0.1) is 0 Å². The maximum atomic E-state index is 12.0. The van der Waals surface area contributed by atoms with Crippen molar-refractivity contribution in [2.45, 2.75) is 31.7 Å². The van der Waals surface area contributed by atoms with Crippen LogP contribution in [0.25, 0.3) is 0 Å². The summed E-state index contributed by atoms with van der Waals surface area (Å²) < 4.78 is 0. The van der Waals surface area contributed by atoms with Gasteiger partial charge in [0.2, 0.25) is 0 Å². The fraction of sp³-hybridized carbons (Fsp3) is 0.740. The van der Waals surface area contributed by atoms with Crippen molar-refractivity contribution in [1.82, 2.24) is 4.90 Å². The highest BCUT2D eigenvalue weighted by molar-refractivity contribution is 5.87. The lowest BCUT2D eigenvalue weighted by Crippen LogP contribution is -2.59. The van der Waals surface area contributed by atoms with Gasteiger partial charge in [-0.3, -0.25) is 4.90 Å². The van der Waals surface area contributed by atoms with Gasteiger partial charge in [-0.25, -0.2) is 4.79 Å². The average molecular weight is 700 g/mol. The molecule has 12 saturated carbocycles. The summed E-state index contributed by atoms with van der Waals surface area (Å²) >= 11 is 0. The third-order valence-corrected chi connectivity index (χ3v) is 24.5. The molecule has 0 radical (unpaired) electrons. The molecule has 1 N–H and O–H groups in total. The molecule has 3 heteroatoms. The molecule has 1 aromatic carbocycles. The monoisotopic (exact) mass is 699 g/mol. The van der Waals surface area contributed by atoms with Crippen LogP contribution in [0.4, 0.5) is 0 Å². The van der Waals surface area contributed by atoms with Crippen molar-refractivity contribution < 1.29 is 9.90 Å². The molecular formula is C50H53NO2. The quantitative estimate of drug-likeness (QED) is 0.318. The van der Waals surface area contributed by atoms with Gasteiger partial charge in [0.15, 0.2) is 0 Å². The molecule has 0 bridgehead atoms. The van der Waals surface area contributed by atoms with Gasteiger partial charge in [-0.1, -0.05) is 47.6 Å². The van der Waals surface area contributed by atoms with E-state index in [1.165, 1.54) is 12.1 Å². The molecule has 3 nitrogen and oxygen atoms in total. The number of hydrogen-bond acceptors (Lipinski definition) is 2. The third kappa shape index (κ3) is 2.36. The summed E-state index contributed by atoms with van der Waals surface area (Å²) in [6, 6.07) is 8.81. The first-order chi connectivity index (χ1) is 26.1. The molecule has 1 aromatic rings. The number of benzene rings is 1. The van der Waals surface area contributed by atoms with E-state index < -0.39 is 5.97 Å². The predicted octanol–water partition coefficient (Wildman–Crippen LogP) is 8.04. The molecule has 1 aliphatic heterocycles. The molecule has 18 rings (SSSR count). The van der Waals surface area contributed by atoms with Crippen LogP contribution in [0.1, 0.15) is 47.6 Å². The third-order valence-electron chi connectivity index (χ3n) is 24.5. The van der Waals surface area contributed by atoms with E-state index in [-0.39, 0.29) is 0 Å². The van der Waals surface area contributed by atoms with E-state index in [2.05, 4.69) is 59.5 Å². The summed E-state index contributed by atoms with van der Waals surface area (Å²) in [5.74, 6) is 28.4. The van der Waals surface area contributed by atoms with E-state index >= 15 is 0 Å². The van der Waals surface area contributed by atoms with Gasteiger partial charge in [0.25, 0.3) is 0 Å². The van der Waals surface area contributed by atoms with E-state index in [0.717, 1.165) is 178 Å². The van der Waals surface area contributed by atoms with E-state index in [1.807, 2.05) is 12.1 Å². The maximum Gasteiger partial charge on any atom is 0.335 e. The van der Waals surface area contributed by atoms with Crippen molar-refractivity contribution in [3.63, 3.8) is 0 Å². The lowest BCUT2D eigenvalue weighted by molar-refractivity contribution is -0.152. The van der Waals surface area contributed by atoms with Gasteiger partial charge >= 0.3 is 5.97 Å². The molecule has 0 aromatic heterocycles. The highest BCUT2D eigenvalue weighted by Crippen LogP contribution is 2.92. The van der Waals surface area contributed by atoms with Crippen molar-refractivity contribution in [3.05, 3.63) is 70.8 Å². The zero-order chi connectivity index (χ0) is 33.6. The molecule has 13 fully saturated rings. The zero-order valence-corrected chi connectivity index (χ0v) is 30.9. The maximum absolute atomic E-state index is 12.0. The normalized spacial score (nSPS) is 70.8. The Hall–Kier alpha value is -2.13. The van der Waals surface area contributed by atoms with Crippen LogP contribution < -0.4 is 0 Å². The number of hydrogen-bond donors (Lipinski definition) is 1. The van der Waals surface area contributed by atoms with Crippen molar-refractivity contribution in [1.29, 1.82) is 0 Å². The van der Waals surface area contributed by atoms with E-state index in [0.29, 0.717) is 11.6 Å². The second-order valence-electron chi connectivity index (χ2n) is 23.7. The topological polar surface area (TPSA) is 40.5 Å². The number of nitrogens with zero attached hydrogens (tertiary/aromatic N) is 1. The summed E-state index contributed by atoms with van der Waals surface area (Å²) in [5, 5.41) is 9.87. The minimum absolute atomic E-state index is 0.441. The Labute approximate surface area is 313 Å². The van der Waals surface area contributed by atoms with Crippen LogP contribution in [-0.2, 0) is 0 Å². The Morgan fingerprint density at radius 1 is 0.491 bits per heavy atom. The molecule has 31 atom stereocenters. The Morgan fingerprint density at radius 2 is 1.00 bits per heavy atom. The van der Waals surface area contributed by atoms with Crippen molar-refractivity contribution >= 4 is 5.97 Å². The summed E-state index contributed by atoms with van der Waals surface area (Å²) in [6.07, 6.45) is 18.1. The first kappa shape index (κ1) is 27.5. The second kappa shape index (κ2) is 8.02. The number of likely N-dealkylation sites (tertiary alicyclic amines) is 1. The largest absolute Gasteiger partial charge is 0.478 e. The summed E-state index contributed by atoms with van der Waals surface area (Å²) in [7, 11) is 2.48. The zero-order valence-electron chi connectivity index (χ0n) is 30.9. The van der Waals surface area contributed by atoms with Crippen LogP contribution in [0.15, 0.2) is 59.7 Å². The smallest absolute Gasteiger partial charge is 0.335 e. The molecule has 53 heavy (non-hydrogen) atoms. The van der Waals surface area contributed by atoms with Gasteiger partial charge < -0.3 is 5.11 Å². The number of carboxylic acids is 1. The molecule has 1 heterocycles. The first-order valence-electron chi connectivity index (χ1n) is 23.3. The number of rotatable bonds is 2.